The number of alkyl halides is 2. The standard InChI is InChI=1S/C45H47F4N7O4/c1-25-14-32-30-4-2-3-5-35(30)50-41(32)42(55(25)22-37(48)49)40-33(46)17-29(18-34(40)47)53-12-9-45(10-13-53)8-11-52(24-45)23-39(58)54-19-26-15-28-21-56(36-6-7-38(57)51-43(36)59)44(60)31(28)16-27(26)20-54/h2-5,15-18,25,36-37,42,50H,6-14,19-24H2,1H3,(H,51,57,59)/t25-,36?,42-/m1/s1. The molecule has 0 bridgehead atoms. The molecule has 11 nitrogen and oxygen atoms in total. The second kappa shape index (κ2) is 14.7. The lowest BCUT2D eigenvalue weighted by Gasteiger charge is -2.42. The van der Waals surface area contributed by atoms with Gasteiger partial charge in [0.15, 0.2) is 0 Å². The monoisotopic (exact) mass is 825 g/mol. The fourth-order valence-electron chi connectivity index (χ4n) is 11.0. The number of rotatable bonds is 7. The molecule has 0 radical (unpaired) electrons. The first-order valence-electron chi connectivity index (χ1n) is 21.0. The molecular weight excluding hydrogens is 779 g/mol. The summed E-state index contributed by atoms with van der Waals surface area (Å²) in [6.45, 7) is 5.35. The van der Waals surface area contributed by atoms with Gasteiger partial charge in [0.25, 0.3) is 12.3 Å². The maximum Gasteiger partial charge on any atom is 0.255 e. The highest BCUT2D eigenvalue weighted by Crippen LogP contribution is 2.45. The minimum Gasteiger partial charge on any atom is -0.371 e. The van der Waals surface area contributed by atoms with E-state index in [1.165, 1.54) is 21.9 Å². The van der Waals surface area contributed by atoms with Crippen molar-refractivity contribution in [1.29, 1.82) is 0 Å². The molecule has 0 saturated carbocycles. The van der Waals surface area contributed by atoms with Crippen LogP contribution in [0.4, 0.5) is 23.2 Å². The maximum absolute atomic E-state index is 16.3. The number of hydrogen-bond acceptors (Lipinski definition) is 7. The fourth-order valence-corrected chi connectivity index (χ4v) is 11.0. The number of amides is 4. The van der Waals surface area contributed by atoms with Crippen LogP contribution in [0.2, 0.25) is 0 Å². The number of carbonyl (C=O) groups excluding carboxylic acids is 4. The van der Waals surface area contributed by atoms with E-state index in [1.807, 2.05) is 53.1 Å². The summed E-state index contributed by atoms with van der Waals surface area (Å²) in [5.41, 5.74) is 5.74. The summed E-state index contributed by atoms with van der Waals surface area (Å²) in [6.07, 6.45) is 0.826. The van der Waals surface area contributed by atoms with Crippen molar-refractivity contribution in [1.82, 2.24) is 29.9 Å². The lowest BCUT2D eigenvalue weighted by molar-refractivity contribution is -0.137. The van der Waals surface area contributed by atoms with Gasteiger partial charge in [-0.05, 0) is 97.5 Å². The van der Waals surface area contributed by atoms with Crippen LogP contribution >= 0.6 is 0 Å². The summed E-state index contributed by atoms with van der Waals surface area (Å²) in [5.74, 6) is -2.50. The molecular formula is C45H47F4N7O4. The Balaban J connectivity index is 0.774. The Morgan fingerprint density at radius 3 is 2.37 bits per heavy atom. The molecule has 3 saturated heterocycles. The van der Waals surface area contributed by atoms with Crippen molar-refractivity contribution >= 4 is 40.2 Å². The SMILES string of the molecule is C[C@@H]1Cc2c([nH]c3ccccc23)[C@@H](c2c(F)cc(N3CCC4(CCN(CC(=O)N5Cc6cc7c(cc6C5)C(=O)N(C5CCC(=O)NC5=O)C7)C4)CC3)cc2F)N1CC(F)F. The zero-order valence-electron chi connectivity index (χ0n) is 33.4. The van der Waals surface area contributed by atoms with Gasteiger partial charge < -0.3 is 19.7 Å². The average Bonchev–Trinajstić information content (AvgIpc) is 3.98. The number of piperidine rings is 2. The Kier molecular flexibility index (Phi) is 9.54. The Morgan fingerprint density at radius 2 is 1.63 bits per heavy atom. The number of hydrogen-bond donors (Lipinski definition) is 2. The number of anilines is 1. The number of imide groups is 1. The molecule has 3 fully saturated rings. The number of aromatic nitrogens is 1. The largest absolute Gasteiger partial charge is 0.371 e. The molecule has 3 atom stereocenters. The van der Waals surface area contributed by atoms with Crippen molar-refractivity contribution in [2.75, 3.05) is 44.2 Å². The number of benzene rings is 3. The summed E-state index contributed by atoms with van der Waals surface area (Å²) in [5, 5.41) is 3.27. The van der Waals surface area contributed by atoms with Crippen molar-refractivity contribution in [2.45, 2.75) is 89.6 Å². The predicted octanol–water partition coefficient (Wildman–Crippen LogP) is 5.64. The Morgan fingerprint density at radius 1 is 0.917 bits per heavy atom. The van der Waals surface area contributed by atoms with Gasteiger partial charge in [0.1, 0.15) is 17.7 Å². The highest BCUT2D eigenvalue weighted by molar-refractivity contribution is 6.05. The van der Waals surface area contributed by atoms with Crippen molar-refractivity contribution in [3.05, 3.63) is 99.2 Å². The van der Waals surface area contributed by atoms with E-state index in [4.69, 9.17) is 0 Å². The minimum absolute atomic E-state index is 0.0161. The van der Waals surface area contributed by atoms with Gasteiger partial charge in [-0.3, -0.25) is 34.3 Å². The number of para-hydroxylation sites is 1. The molecule has 4 amide bonds. The molecule has 60 heavy (non-hydrogen) atoms. The van der Waals surface area contributed by atoms with Crippen LogP contribution in [0.5, 0.6) is 0 Å². The van der Waals surface area contributed by atoms with Crippen LogP contribution in [0.1, 0.15) is 88.9 Å². The molecule has 3 aromatic carbocycles. The summed E-state index contributed by atoms with van der Waals surface area (Å²) < 4.78 is 60.5. The van der Waals surface area contributed by atoms with Gasteiger partial charge in [-0.1, -0.05) is 24.3 Å². The molecule has 10 rings (SSSR count). The second-order valence-electron chi connectivity index (χ2n) is 17.8. The molecule has 2 N–H and O–H groups in total. The van der Waals surface area contributed by atoms with Gasteiger partial charge >= 0.3 is 0 Å². The average molecular weight is 826 g/mol. The van der Waals surface area contributed by atoms with Crippen LogP contribution in [0.15, 0.2) is 48.5 Å². The van der Waals surface area contributed by atoms with Crippen LogP contribution in [-0.2, 0) is 40.4 Å². The zero-order chi connectivity index (χ0) is 41.6. The zero-order valence-corrected chi connectivity index (χ0v) is 33.4. The number of aromatic amines is 1. The summed E-state index contributed by atoms with van der Waals surface area (Å²) in [7, 11) is 0. The molecule has 1 aromatic heterocycles. The van der Waals surface area contributed by atoms with Gasteiger partial charge in [0, 0.05) is 85.1 Å². The number of H-pyrrole nitrogens is 1. The van der Waals surface area contributed by atoms with E-state index in [1.54, 1.807) is 0 Å². The first-order chi connectivity index (χ1) is 28.8. The van der Waals surface area contributed by atoms with Crippen LogP contribution in [0, 0.1) is 17.0 Å². The third kappa shape index (κ3) is 6.64. The number of carbonyl (C=O) groups is 4. The van der Waals surface area contributed by atoms with Crippen molar-refractivity contribution < 1.29 is 36.7 Å². The minimum atomic E-state index is -2.67. The molecule has 6 aliphatic rings. The third-order valence-corrected chi connectivity index (χ3v) is 14.2. The molecule has 1 spiro atoms. The first kappa shape index (κ1) is 38.9. The van der Waals surface area contributed by atoms with Crippen molar-refractivity contribution in [2.24, 2.45) is 5.41 Å². The Bertz CT molecular complexity index is 2420. The third-order valence-electron chi connectivity index (χ3n) is 14.2. The topological polar surface area (TPSA) is 112 Å². The Hall–Kier alpha value is -5.28. The normalized spacial score (nSPS) is 24.2. The maximum atomic E-state index is 16.3. The quantitative estimate of drug-likeness (QED) is 0.183. The van der Waals surface area contributed by atoms with Gasteiger partial charge in [-0.2, -0.15) is 0 Å². The van der Waals surface area contributed by atoms with Gasteiger partial charge in [-0.25, -0.2) is 17.6 Å². The lowest BCUT2D eigenvalue weighted by atomic mass is 9.77. The van der Waals surface area contributed by atoms with E-state index < -0.39 is 42.6 Å². The number of fused-ring (bicyclic) bond motifs is 5. The lowest BCUT2D eigenvalue weighted by Crippen LogP contribution is -2.52. The van der Waals surface area contributed by atoms with Gasteiger partial charge in [-0.15, -0.1) is 0 Å². The van der Waals surface area contributed by atoms with Crippen molar-refractivity contribution in [3.63, 3.8) is 0 Å². The van der Waals surface area contributed by atoms with Crippen LogP contribution < -0.4 is 10.2 Å². The van der Waals surface area contributed by atoms with Crippen molar-refractivity contribution in [3.8, 4) is 0 Å². The highest BCUT2D eigenvalue weighted by atomic mass is 19.3. The van der Waals surface area contributed by atoms with Crippen LogP contribution in [0.25, 0.3) is 10.9 Å². The summed E-state index contributed by atoms with van der Waals surface area (Å²) in [4.78, 5) is 63.5. The molecule has 6 aliphatic heterocycles. The summed E-state index contributed by atoms with van der Waals surface area (Å²) in [6, 6.07) is 12.1. The van der Waals surface area contributed by atoms with Gasteiger partial charge in [0.2, 0.25) is 17.7 Å². The molecule has 1 unspecified atom stereocenters. The second-order valence-corrected chi connectivity index (χ2v) is 17.8. The van der Waals surface area contributed by atoms with Gasteiger partial charge in [0.05, 0.1) is 19.1 Å². The van der Waals surface area contributed by atoms with E-state index in [2.05, 4.69) is 15.2 Å². The number of likely N-dealkylation sites (tertiary alicyclic amines) is 1. The first-order valence-corrected chi connectivity index (χ1v) is 21.0. The van der Waals surface area contributed by atoms with E-state index >= 15 is 8.78 Å². The van der Waals surface area contributed by atoms with Crippen LogP contribution in [-0.4, -0.2) is 106 Å². The molecule has 314 valence electrons. The Labute approximate surface area is 344 Å². The predicted molar refractivity (Wildman–Crippen MR) is 214 cm³/mol. The smallest absolute Gasteiger partial charge is 0.255 e. The molecule has 7 heterocycles. The van der Waals surface area contributed by atoms with E-state index in [9.17, 15) is 28.0 Å². The molecule has 15 heteroatoms. The van der Waals surface area contributed by atoms with E-state index in [0.29, 0.717) is 62.5 Å². The highest BCUT2D eigenvalue weighted by Gasteiger charge is 2.44. The van der Waals surface area contributed by atoms with E-state index in [-0.39, 0.29) is 47.7 Å². The number of nitrogens with zero attached hydrogens (tertiary/aromatic N) is 5. The van der Waals surface area contributed by atoms with E-state index in [0.717, 1.165) is 65.5 Å². The molecule has 4 aromatic rings. The summed E-state index contributed by atoms with van der Waals surface area (Å²) >= 11 is 0. The molecule has 0 aliphatic carbocycles. The van der Waals surface area contributed by atoms with Crippen LogP contribution in [0.3, 0.4) is 0 Å². The number of nitrogens with one attached hydrogen (secondary N) is 2. The number of halogens is 4. The fraction of sp³-hybridized carbons (Fsp3) is 0.467.